The summed E-state index contributed by atoms with van der Waals surface area (Å²) in [5.41, 5.74) is 7.27. The van der Waals surface area contributed by atoms with Crippen LogP contribution in [0.4, 0.5) is 0 Å². The zero-order chi connectivity index (χ0) is 22.2. The molecule has 0 atom stereocenters. The van der Waals surface area contributed by atoms with Gasteiger partial charge in [-0.3, -0.25) is 25.2 Å². The molecule has 1 aromatic heterocycles. The van der Waals surface area contributed by atoms with Crippen molar-refractivity contribution in [2.24, 2.45) is 0 Å². The first kappa shape index (κ1) is 21.8. The Hall–Kier alpha value is -3.87. The third-order valence-corrected chi connectivity index (χ3v) is 4.73. The second kappa shape index (κ2) is 10.2. The Morgan fingerprint density at radius 1 is 0.871 bits per heavy atom. The smallest absolute Gasteiger partial charge is 0.305 e. The zero-order valence-electron chi connectivity index (χ0n) is 17.4. The van der Waals surface area contributed by atoms with E-state index in [4.69, 9.17) is 9.15 Å². The van der Waals surface area contributed by atoms with Crippen LogP contribution in [0, 0.1) is 13.8 Å². The van der Waals surface area contributed by atoms with E-state index in [1.807, 2.05) is 56.3 Å². The van der Waals surface area contributed by atoms with Crippen LogP contribution in [0.15, 0.2) is 65.1 Å². The SMILES string of the molecule is Cc1ccc(C(=O)CCC(=O)NNC(=O)c2ccc(COc3ccccc3)o2)cc1C. The standard InChI is InChI=1S/C24H24N2O5/c1-16-8-9-18(14-17(16)2)21(27)11-13-23(28)25-26-24(29)22-12-10-20(31-22)15-30-19-6-4-3-5-7-19/h3-10,12,14H,11,13,15H2,1-2H3,(H,25,28)(H,26,29). The highest BCUT2D eigenvalue weighted by Crippen LogP contribution is 2.14. The van der Waals surface area contributed by atoms with E-state index in [1.165, 1.54) is 6.07 Å². The number of ketones is 1. The number of Topliss-reactive ketones (excluding diaryl/α,β-unsaturated/α-hetero) is 1. The quantitative estimate of drug-likeness (QED) is 0.425. The van der Waals surface area contributed by atoms with Gasteiger partial charge in [0.15, 0.2) is 11.5 Å². The number of hydrogen-bond acceptors (Lipinski definition) is 5. The van der Waals surface area contributed by atoms with Crippen molar-refractivity contribution in [2.75, 3.05) is 0 Å². The third kappa shape index (κ3) is 6.30. The molecule has 160 valence electrons. The van der Waals surface area contributed by atoms with Crippen LogP contribution in [-0.2, 0) is 11.4 Å². The number of nitrogens with one attached hydrogen (secondary N) is 2. The molecule has 7 nitrogen and oxygen atoms in total. The number of carbonyl (C=O) groups excluding carboxylic acids is 3. The summed E-state index contributed by atoms with van der Waals surface area (Å²) in [6, 6.07) is 17.8. The van der Waals surface area contributed by atoms with E-state index in [0.29, 0.717) is 17.1 Å². The molecule has 0 spiro atoms. The van der Waals surface area contributed by atoms with Crippen molar-refractivity contribution in [1.82, 2.24) is 10.9 Å². The molecule has 1 heterocycles. The van der Waals surface area contributed by atoms with E-state index >= 15 is 0 Å². The topological polar surface area (TPSA) is 97.6 Å². The fourth-order valence-electron chi connectivity index (χ4n) is 2.79. The Morgan fingerprint density at radius 3 is 2.39 bits per heavy atom. The van der Waals surface area contributed by atoms with Gasteiger partial charge in [0.05, 0.1) is 0 Å². The Labute approximate surface area is 180 Å². The van der Waals surface area contributed by atoms with Crippen LogP contribution >= 0.6 is 0 Å². The van der Waals surface area contributed by atoms with Crippen LogP contribution in [0.1, 0.15) is 50.6 Å². The van der Waals surface area contributed by atoms with Gasteiger partial charge in [-0.05, 0) is 55.3 Å². The van der Waals surface area contributed by atoms with Crippen LogP contribution in [0.2, 0.25) is 0 Å². The van der Waals surface area contributed by atoms with Crippen LogP contribution in [0.3, 0.4) is 0 Å². The lowest BCUT2D eigenvalue weighted by atomic mass is 10.0. The van der Waals surface area contributed by atoms with Gasteiger partial charge in [-0.15, -0.1) is 0 Å². The molecule has 0 fully saturated rings. The predicted molar refractivity (Wildman–Crippen MR) is 115 cm³/mol. The number of rotatable bonds is 8. The largest absolute Gasteiger partial charge is 0.486 e. The van der Waals surface area contributed by atoms with Crippen LogP contribution in [0.5, 0.6) is 5.75 Å². The van der Waals surface area contributed by atoms with Crippen molar-refractivity contribution in [3.63, 3.8) is 0 Å². The Morgan fingerprint density at radius 2 is 1.65 bits per heavy atom. The molecule has 0 radical (unpaired) electrons. The van der Waals surface area contributed by atoms with E-state index in [2.05, 4.69) is 10.9 Å². The Kier molecular flexibility index (Phi) is 7.22. The van der Waals surface area contributed by atoms with Gasteiger partial charge >= 0.3 is 5.91 Å². The number of benzene rings is 2. The molecule has 0 aliphatic heterocycles. The molecule has 2 N–H and O–H groups in total. The van der Waals surface area contributed by atoms with E-state index < -0.39 is 11.8 Å². The lowest BCUT2D eigenvalue weighted by molar-refractivity contribution is -0.121. The first-order chi connectivity index (χ1) is 14.9. The molecule has 0 bridgehead atoms. The minimum absolute atomic E-state index is 0.0400. The molecule has 3 aromatic rings. The van der Waals surface area contributed by atoms with Gasteiger partial charge in [-0.2, -0.15) is 0 Å². The van der Waals surface area contributed by atoms with Gasteiger partial charge < -0.3 is 9.15 Å². The summed E-state index contributed by atoms with van der Waals surface area (Å²) in [6.07, 6.45) is 0.00624. The fourth-order valence-corrected chi connectivity index (χ4v) is 2.79. The van der Waals surface area contributed by atoms with Crippen LogP contribution in [-0.4, -0.2) is 17.6 Å². The molecule has 7 heteroatoms. The van der Waals surface area contributed by atoms with E-state index in [9.17, 15) is 14.4 Å². The molecule has 0 saturated carbocycles. The summed E-state index contributed by atoms with van der Waals surface area (Å²) >= 11 is 0. The maximum atomic E-state index is 12.2. The zero-order valence-corrected chi connectivity index (χ0v) is 17.4. The number of furan rings is 1. The monoisotopic (exact) mass is 420 g/mol. The first-order valence-electron chi connectivity index (χ1n) is 9.88. The van der Waals surface area contributed by atoms with Gasteiger partial charge in [0.25, 0.3) is 0 Å². The lowest BCUT2D eigenvalue weighted by Crippen LogP contribution is -2.41. The molecule has 0 aliphatic rings. The maximum absolute atomic E-state index is 12.2. The van der Waals surface area contributed by atoms with Crippen molar-refractivity contribution in [2.45, 2.75) is 33.3 Å². The fraction of sp³-hybridized carbons (Fsp3) is 0.208. The summed E-state index contributed by atoms with van der Waals surface area (Å²) in [5, 5.41) is 0. The van der Waals surface area contributed by atoms with Crippen LogP contribution < -0.4 is 15.6 Å². The number of hydrazine groups is 1. The third-order valence-electron chi connectivity index (χ3n) is 4.73. The minimum Gasteiger partial charge on any atom is -0.486 e. The molecule has 0 unspecified atom stereocenters. The molecule has 3 rings (SSSR count). The number of ether oxygens (including phenoxy) is 1. The normalized spacial score (nSPS) is 10.4. The average molecular weight is 420 g/mol. The van der Waals surface area contributed by atoms with Crippen molar-refractivity contribution in [3.8, 4) is 5.75 Å². The average Bonchev–Trinajstić information content (AvgIpc) is 3.26. The number of amides is 2. The minimum atomic E-state index is -0.597. The number of carbonyl (C=O) groups is 3. The maximum Gasteiger partial charge on any atom is 0.305 e. The summed E-state index contributed by atoms with van der Waals surface area (Å²) in [5.74, 6) is 0.00758. The molecule has 2 amide bonds. The first-order valence-corrected chi connectivity index (χ1v) is 9.88. The van der Waals surface area contributed by atoms with Gasteiger partial charge in [0.2, 0.25) is 5.91 Å². The molecular formula is C24H24N2O5. The van der Waals surface area contributed by atoms with Gasteiger partial charge in [-0.25, -0.2) is 0 Å². The van der Waals surface area contributed by atoms with Crippen molar-refractivity contribution < 1.29 is 23.5 Å². The Bertz CT molecular complexity index is 1070. The molecule has 31 heavy (non-hydrogen) atoms. The summed E-state index contributed by atoms with van der Waals surface area (Å²) in [6.45, 7) is 4.07. The highest BCUT2D eigenvalue weighted by Gasteiger charge is 2.14. The second-order valence-electron chi connectivity index (χ2n) is 7.09. The van der Waals surface area contributed by atoms with E-state index in [1.54, 1.807) is 12.1 Å². The highest BCUT2D eigenvalue weighted by molar-refractivity contribution is 5.98. The summed E-state index contributed by atoms with van der Waals surface area (Å²) < 4.78 is 11.0. The highest BCUT2D eigenvalue weighted by atomic mass is 16.5. The summed E-state index contributed by atoms with van der Waals surface area (Å²) in [7, 11) is 0. The van der Waals surface area contributed by atoms with E-state index in [-0.39, 0.29) is 31.0 Å². The number of aryl methyl sites for hydroxylation is 2. The van der Waals surface area contributed by atoms with Gasteiger partial charge in [0, 0.05) is 18.4 Å². The Balaban J connectivity index is 1.41. The second-order valence-corrected chi connectivity index (χ2v) is 7.09. The lowest BCUT2D eigenvalue weighted by Gasteiger charge is -2.07. The molecule has 0 aliphatic carbocycles. The molecular weight excluding hydrogens is 396 g/mol. The molecule has 2 aromatic carbocycles. The number of para-hydroxylation sites is 1. The van der Waals surface area contributed by atoms with E-state index in [0.717, 1.165) is 11.1 Å². The number of hydrogen-bond donors (Lipinski definition) is 2. The van der Waals surface area contributed by atoms with Gasteiger partial charge in [0.1, 0.15) is 18.1 Å². The van der Waals surface area contributed by atoms with Crippen molar-refractivity contribution in [3.05, 3.63) is 88.9 Å². The molecule has 0 saturated heterocycles. The van der Waals surface area contributed by atoms with Crippen LogP contribution in [0.25, 0.3) is 0 Å². The predicted octanol–water partition coefficient (Wildman–Crippen LogP) is 3.90. The van der Waals surface area contributed by atoms with Gasteiger partial charge in [-0.1, -0.05) is 30.3 Å². The van der Waals surface area contributed by atoms with Crippen molar-refractivity contribution in [1.29, 1.82) is 0 Å². The summed E-state index contributed by atoms with van der Waals surface area (Å²) in [4.78, 5) is 36.4. The van der Waals surface area contributed by atoms with Crippen molar-refractivity contribution >= 4 is 17.6 Å².